The third-order valence-electron chi connectivity index (χ3n) is 2.75. The van der Waals surface area contributed by atoms with Gasteiger partial charge in [0.2, 0.25) is 5.91 Å². The second-order valence-corrected chi connectivity index (χ2v) is 4.98. The number of aromatic nitrogens is 2. The molecule has 1 aromatic heterocycles. The van der Waals surface area contributed by atoms with Crippen LogP contribution in [0, 0.1) is 5.92 Å². The lowest BCUT2D eigenvalue weighted by Crippen LogP contribution is -2.35. The van der Waals surface area contributed by atoms with Crippen molar-refractivity contribution in [2.75, 3.05) is 13.1 Å². The van der Waals surface area contributed by atoms with Crippen molar-refractivity contribution in [3.8, 4) is 0 Å². The maximum absolute atomic E-state index is 11.8. The summed E-state index contributed by atoms with van der Waals surface area (Å²) in [6, 6.07) is 0. The van der Waals surface area contributed by atoms with Crippen molar-refractivity contribution in [3.05, 3.63) is 10.6 Å². The van der Waals surface area contributed by atoms with E-state index in [0.29, 0.717) is 24.4 Å². The number of nitrogens with one attached hydrogen (secondary N) is 2. The standard InChI is InChI=1S/C11H16N4O2S/c1-2-8-9(18-15-14-8)11(17)13-6-5-12-10(16)7-3-4-7/h7H,2-6H2,1H3,(H,12,16)(H,13,17). The average molecular weight is 268 g/mol. The Balaban J connectivity index is 1.69. The molecule has 98 valence electrons. The number of carbonyl (C=O) groups is 2. The molecule has 1 fully saturated rings. The summed E-state index contributed by atoms with van der Waals surface area (Å²) >= 11 is 1.10. The molecule has 0 aromatic carbocycles. The van der Waals surface area contributed by atoms with Crippen molar-refractivity contribution in [2.45, 2.75) is 26.2 Å². The Hall–Kier alpha value is -1.50. The first-order valence-corrected chi connectivity index (χ1v) is 6.86. The number of carbonyl (C=O) groups excluding carboxylic acids is 2. The summed E-state index contributed by atoms with van der Waals surface area (Å²) in [7, 11) is 0. The van der Waals surface area contributed by atoms with E-state index >= 15 is 0 Å². The monoisotopic (exact) mass is 268 g/mol. The minimum Gasteiger partial charge on any atom is -0.354 e. The van der Waals surface area contributed by atoms with Crippen LogP contribution in [0.5, 0.6) is 0 Å². The van der Waals surface area contributed by atoms with Gasteiger partial charge in [-0.2, -0.15) is 0 Å². The van der Waals surface area contributed by atoms with E-state index in [1.54, 1.807) is 0 Å². The molecule has 6 nitrogen and oxygen atoms in total. The SMILES string of the molecule is CCc1nnsc1C(=O)NCCNC(=O)C1CC1. The fraction of sp³-hybridized carbons (Fsp3) is 0.636. The van der Waals surface area contributed by atoms with Crippen molar-refractivity contribution in [1.29, 1.82) is 0 Å². The smallest absolute Gasteiger partial charge is 0.265 e. The molecule has 1 aliphatic rings. The molecule has 0 radical (unpaired) electrons. The summed E-state index contributed by atoms with van der Waals surface area (Å²) in [5.74, 6) is 0.138. The molecule has 0 atom stereocenters. The van der Waals surface area contributed by atoms with Gasteiger partial charge in [-0.25, -0.2) is 0 Å². The van der Waals surface area contributed by atoms with Crippen LogP contribution in [0.3, 0.4) is 0 Å². The number of amides is 2. The van der Waals surface area contributed by atoms with Gasteiger partial charge in [0.15, 0.2) is 0 Å². The molecule has 18 heavy (non-hydrogen) atoms. The van der Waals surface area contributed by atoms with Crippen molar-refractivity contribution >= 4 is 23.3 Å². The van der Waals surface area contributed by atoms with E-state index in [1.165, 1.54) is 0 Å². The van der Waals surface area contributed by atoms with Gasteiger partial charge in [0.25, 0.3) is 5.91 Å². The maximum Gasteiger partial charge on any atom is 0.265 e. The lowest BCUT2D eigenvalue weighted by atomic mass is 10.3. The van der Waals surface area contributed by atoms with Gasteiger partial charge in [-0.3, -0.25) is 9.59 Å². The summed E-state index contributed by atoms with van der Waals surface area (Å²) in [5, 5.41) is 9.43. The second-order valence-electron chi connectivity index (χ2n) is 4.22. The maximum atomic E-state index is 11.8. The summed E-state index contributed by atoms with van der Waals surface area (Å²) in [4.78, 5) is 23.7. The Morgan fingerprint density at radius 3 is 2.72 bits per heavy atom. The van der Waals surface area contributed by atoms with Crippen LogP contribution in [0.15, 0.2) is 0 Å². The normalized spacial score (nSPS) is 14.3. The van der Waals surface area contributed by atoms with E-state index in [0.717, 1.165) is 30.1 Å². The first kappa shape index (κ1) is 12.9. The van der Waals surface area contributed by atoms with E-state index in [1.807, 2.05) is 6.92 Å². The Kier molecular flexibility index (Phi) is 4.24. The van der Waals surface area contributed by atoms with Gasteiger partial charge in [-0.05, 0) is 30.8 Å². The molecule has 0 spiro atoms. The van der Waals surface area contributed by atoms with Crippen LogP contribution < -0.4 is 10.6 Å². The summed E-state index contributed by atoms with van der Waals surface area (Å²) < 4.78 is 3.76. The lowest BCUT2D eigenvalue weighted by molar-refractivity contribution is -0.122. The third-order valence-corrected chi connectivity index (χ3v) is 3.52. The largest absolute Gasteiger partial charge is 0.354 e. The Morgan fingerprint density at radius 1 is 1.33 bits per heavy atom. The summed E-state index contributed by atoms with van der Waals surface area (Å²) in [6.45, 7) is 2.83. The molecule has 1 aliphatic carbocycles. The molecule has 2 rings (SSSR count). The van der Waals surface area contributed by atoms with Gasteiger partial charge in [0.05, 0.1) is 5.69 Å². The first-order chi connectivity index (χ1) is 8.72. The fourth-order valence-corrected chi connectivity index (χ4v) is 2.21. The van der Waals surface area contributed by atoms with Gasteiger partial charge in [-0.1, -0.05) is 11.4 Å². The van der Waals surface area contributed by atoms with Crippen LogP contribution in [0.2, 0.25) is 0 Å². The predicted molar refractivity (Wildman–Crippen MR) is 67.4 cm³/mol. The Morgan fingerprint density at radius 2 is 2.06 bits per heavy atom. The Labute approximate surface area is 109 Å². The van der Waals surface area contributed by atoms with Gasteiger partial charge < -0.3 is 10.6 Å². The topological polar surface area (TPSA) is 84.0 Å². The van der Waals surface area contributed by atoms with Gasteiger partial charge in [0, 0.05) is 19.0 Å². The van der Waals surface area contributed by atoms with E-state index < -0.39 is 0 Å². The van der Waals surface area contributed by atoms with E-state index in [2.05, 4.69) is 20.2 Å². The molecular formula is C11H16N4O2S. The van der Waals surface area contributed by atoms with Crippen LogP contribution in [0.25, 0.3) is 0 Å². The van der Waals surface area contributed by atoms with Gasteiger partial charge in [-0.15, -0.1) is 5.10 Å². The second kappa shape index (κ2) is 5.90. The van der Waals surface area contributed by atoms with Crippen molar-refractivity contribution < 1.29 is 9.59 Å². The Bertz CT molecular complexity index is 442. The van der Waals surface area contributed by atoms with Crippen LogP contribution in [-0.2, 0) is 11.2 Å². The fourth-order valence-electron chi connectivity index (χ4n) is 1.54. The number of nitrogens with zero attached hydrogens (tertiary/aromatic N) is 2. The third kappa shape index (κ3) is 3.25. The van der Waals surface area contributed by atoms with E-state index in [4.69, 9.17) is 0 Å². The molecule has 1 heterocycles. The number of rotatable bonds is 6. The summed E-state index contributed by atoms with van der Waals surface area (Å²) in [6.07, 6.45) is 2.67. The number of aryl methyl sites for hydroxylation is 1. The minimum absolute atomic E-state index is 0.0953. The zero-order chi connectivity index (χ0) is 13.0. The molecule has 0 bridgehead atoms. The molecule has 1 aromatic rings. The highest BCUT2D eigenvalue weighted by molar-refractivity contribution is 7.08. The highest BCUT2D eigenvalue weighted by Crippen LogP contribution is 2.28. The zero-order valence-corrected chi connectivity index (χ0v) is 11.0. The first-order valence-electron chi connectivity index (χ1n) is 6.09. The van der Waals surface area contributed by atoms with Crippen molar-refractivity contribution in [2.24, 2.45) is 5.92 Å². The molecule has 0 aliphatic heterocycles. The van der Waals surface area contributed by atoms with Gasteiger partial charge >= 0.3 is 0 Å². The number of hydrogen-bond acceptors (Lipinski definition) is 5. The van der Waals surface area contributed by atoms with Crippen molar-refractivity contribution in [1.82, 2.24) is 20.2 Å². The van der Waals surface area contributed by atoms with Crippen LogP contribution in [-0.4, -0.2) is 34.5 Å². The predicted octanol–water partition coefficient (Wildman–Crippen LogP) is 0.356. The molecular weight excluding hydrogens is 252 g/mol. The van der Waals surface area contributed by atoms with E-state index in [-0.39, 0.29) is 17.7 Å². The quantitative estimate of drug-likeness (QED) is 0.729. The average Bonchev–Trinajstić information content (AvgIpc) is 3.11. The molecule has 0 saturated heterocycles. The van der Waals surface area contributed by atoms with E-state index in [9.17, 15) is 9.59 Å². The lowest BCUT2D eigenvalue weighted by Gasteiger charge is -2.05. The van der Waals surface area contributed by atoms with Gasteiger partial charge in [0.1, 0.15) is 4.88 Å². The highest BCUT2D eigenvalue weighted by atomic mass is 32.1. The highest BCUT2D eigenvalue weighted by Gasteiger charge is 2.29. The molecule has 1 saturated carbocycles. The summed E-state index contributed by atoms with van der Waals surface area (Å²) in [5.41, 5.74) is 0.722. The van der Waals surface area contributed by atoms with Crippen LogP contribution in [0.1, 0.15) is 35.1 Å². The number of hydrogen-bond donors (Lipinski definition) is 2. The van der Waals surface area contributed by atoms with Crippen LogP contribution >= 0.6 is 11.5 Å². The minimum atomic E-state index is -0.164. The van der Waals surface area contributed by atoms with Crippen molar-refractivity contribution in [3.63, 3.8) is 0 Å². The molecule has 2 amide bonds. The molecule has 2 N–H and O–H groups in total. The molecule has 0 unspecified atom stereocenters. The van der Waals surface area contributed by atoms with Crippen LogP contribution in [0.4, 0.5) is 0 Å². The molecule has 7 heteroatoms. The zero-order valence-electron chi connectivity index (χ0n) is 10.2.